The zero-order valence-electron chi connectivity index (χ0n) is 15.9. The van der Waals surface area contributed by atoms with Crippen LogP contribution in [-0.2, 0) is 11.3 Å². The van der Waals surface area contributed by atoms with Gasteiger partial charge >= 0.3 is 0 Å². The molecular weight excluding hydrogens is 314 g/mol. The second-order valence-electron chi connectivity index (χ2n) is 6.77. The molecule has 1 fully saturated rings. The topological polar surface area (TPSA) is 60.0 Å². The van der Waals surface area contributed by atoms with E-state index in [1.54, 1.807) is 7.05 Å². The van der Waals surface area contributed by atoms with Crippen LogP contribution in [0.5, 0.6) is 0 Å². The summed E-state index contributed by atoms with van der Waals surface area (Å²) >= 11 is 0. The van der Waals surface area contributed by atoms with Crippen LogP contribution in [0.4, 0.5) is 5.69 Å². The summed E-state index contributed by atoms with van der Waals surface area (Å²) in [5.41, 5.74) is 2.44. The van der Waals surface area contributed by atoms with Gasteiger partial charge in [0.15, 0.2) is 5.96 Å². The SMILES string of the molecule is CN=C(NCc1ccc(N(C)C)cc1)N1CCC(CC(=O)NC)CC1. The van der Waals surface area contributed by atoms with Crippen LogP contribution in [0.2, 0.25) is 0 Å². The number of aliphatic imine (C=N–C) groups is 1. The van der Waals surface area contributed by atoms with E-state index in [9.17, 15) is 4.79 Å². The molecule has 0 aliphatic carbocycles. The van der Waals surface area contributed by atoms with Crippen molar-refractivity contribution in [3.63, 3.8) is 0 Å². The first-order valence-electron chi connectivity index (χ1n) is 8.96. The van der Waals surface area contributed by atoms with E-state index in [2.05, 4.69) is 49.7 Å². The maximum absolute atomic E-state index is 11.5. The van der Waals surface area contributed by atoms with Crippen molar-refractivity contribution in [1.82, 2.24) is 15.5 Å². The Labute approximate surface area is 151 Å². The molecule has 0 radical (unpaired) electrons. The van der Waals surface area contributed by atoms with E-state index in [0.29, 0.717) is 12.3 Å². The van der Waals surface area contributed by atoms with Crippen molar-refractivity contribution in [2.24, 2.45) is 10.9 Å². The number of carbonyl (C=O) groups excluding carboxylic acids is 1. The smallest absolute Gasteiger partial charge is 0.220 e. The molecule has 1 aromatic rings. The Morgan fingerprint density at radius 3 is 2.40 bits per heavy atom. The molecule has 138 valence electrons. The van der Waals surface area contributed by atoms with Crippen LogP contribution in [0, 0.1) is 5.92 Å². The molecule has 1 amide bonds. The fourth-order valence-corrected chi connectivity index (χ4v) is 3.14. The van der Waals surface area contributed by atoms with Gasteiger partial charge in [0.2, 0.25) is 5.91 Å². The van der Waals surface area contributed by atoms with E-state index in [1.165, 1.54) is 11.3 Å². The highest BCUT2D eigenvalue weighted by Crippen LogP contribution is 2.20. The highest BCUT2D eigenvalue weighted by Gasteiger charge is 2.22. The number of carbonyl (C=O) groups is 1. The molecule has 0 bridgehead atoms. The number of hydrogen-bond donors (Lipinski definition) is 2. The van der Waals surface area contributed by atoms with E-state index >= 15 is 0 Å². The molecule has 0 aromatic heterocycles. The van der Waals surface area contributed by atoms with Gasteiger partial charge < -0.3 is 20.4 Å². The molecule has 6 nitrogen and oxygen atoms in total. The Morgan fingerprint density at radius 2 is 1.88 bits per heavy atom. The highest BCUT2D eigenvalue weighted by atomic mass is 16.1. The van der Waals surface area contributed by atoms with Gasteiger partial charge in [0.05, 0.1) is 0 Å². The van der Waals surface area contributed by atoms with Gasteiger partial charge in [-0.05, 0) is 36.5 Å². The van der Waals surface area contributed by atoms with E-state index in [4.69, 9.17) is 0 Å². The summed E-state index contributed by atoms with van der Waals surface area (Å²) in [6, 6.07) is 8.55. The average molecular weight is 345 g/mol. The predicted molar refractivity (Wildman–Crippen MR) is 104 cm³/mol. The third kappa shape index (κ3) is 5.66. The van der Waals surface area contributed by atoms with Crippen LogP contribution >= 0.6 is 0 Å². The summed E-state index contributed by atoms with van der Waals surface area (Å²) in [5.74, 6) is 1.56. The Kier molecular flexibility index (Phi) is 7.10. The molecule has 1 aliphatic heterocycles. The Hall–Kier alpha value is -2.24. The van der Waals surface area contributed by atoms with E-state index in [1.807, 2.05) is 21.1 Å². The number of guanidine groups is 1. The van der Waals surface area contributed by atoms with Gasteiger partial charge in [-0.3, -0.25) is 9.79 Å². The van der Waals surface area contributed by atoms with Crippen LogP contribution < -0.4 is 15.5 Å². The first-order valence-corrected chi connectivity index (χ1v) is 8.96. The molecular formula is C19H31N5O. The summed E-state index contributed by atoms with van der Waals surface area (Å²) in [6.45, 7) is 2.65. The van der Waals surface area contributed by atoms with E-state index in [0.717, 1.165) is 38.4 Å². The minimum absolute atomic E-state index is 0.141. The summed E-state index contributed by atoms with van der Waals surface area (Å²) in [5, 5.41) is 6.17. The normalized spacial score (nSPS) is 15.8. The molecule has 1 aromatic carbocycles. The van der Waals surface area contributed by atoms with Gasteiger partial charge in [0, 0.05) is 59.9 Å². The van der Waals surface area contributed by atoms with Crippen LogP contribution in [0.25, 0.3) is 0 Å². The largest absolute Gasteiger partial charge is 0.378 e. The molecule has 25 heavy (non-hydrogen) atoms. The lowest BCUT2D eigenvalue weighted by atomic mass is 9.93. The molecule has 0 atom stereocenters. The lowest BCUT2D eigenvalue weighted by Crippen LogP contribution is -2.45. The van der Waals surface area contributed by atoms with E-state index < -0.39 is 0 Å². The molecule has 1 heterocycles. The average Bonchev–Trinajstić information content (AvgIpc) is 2.63. The van der Waals surface area contributed by atoms with Crippen LogP contribution in [0.1, 0.15) is 24.8 Å². The third-order valence-corrected chi connectivity index (χ3v) is 4.78. The van der Waals surface area contributed by atoms with E-state index in [-0.39, 0.29) is 5.91 Å². The second kappa shape index (κ2) is 9.30. The monoisotopic (exact) mass is 345 g/mol. The van der Waals surface area contributed by atoms with Crippen LogP contribution in [0.15, 0.2) is 29.3 Å². The quantitative estimate of drug-likeness (QED) is 0.630. The van der Waals surface area contributed by atoms with Gasteiger partial charge in [-0.2, -0.15) is 0 Å². The Morgan fingerprint density at radius 1 is 1.24 bits per heavy atom. The number of likely N-dealkylation sites (tertiary alicyclic amines) is 1. The van der Waals surface area contributed by atoms with Crippen molar-refractivity contribution in [1.29, 1.82) is 0 Å². The van der Waals surface area contributed by atoms with Crippen molar-refractivity contribution >= 4 is 17.6 Å². The number of piperidine rings is 1. The molecule has 0 spiro atoms. The van der Waals surface area contributed by atoms with Gasteiger partial charge in [0.1, 0.15) is 0 Å². The summed E-state index contributed by atoms with van der Waals surface area (Å²) in [6.07, 6.45) is 2.70. The summed E-state index contributed by atoms with van der Waals surface area (Å²) in [4.78, 5) is 20.3. The zero-order chi connectivity index (χ0) is 18.2. The minimum atomic E-state index is 0.141. The van der Waals surface area contributed by atoms with Gasteiger partial charge in [0.25, 0.3) is 0 Å². The van der Waals surface area contributed by atoms with Crippen LogP contribution in [0.3, 0.4) is 0 Å². The first-order chi connectivity index (χ1) is 12.0. The Balaban J connectivity index is 1.82. The zero-order valence-corrected chi connectivity index (χ0v) is 15.9. The molecule has 0 unspecified atom stereocenters. The minimum Gasteiger partial charge on any atom is -0.378 e. The maximum Gasteiger partial charge on any atom is 0.220 e. The fourth-order valence-electron chi connectivity index (χ4n) is 3.14. The second-order valence-corrected chi connectivity index (χ2v) is 6.77. The van der Waals surface area contributed by atoms with Crippen molar-refractivity contribution in [2.75, 3.05) is 46.2 Å². The molecule has 6 heteroatoms. The number of nitrogens with one attached hydrogen (secondary N) is 2. The maximum atomic E-state index is 11.5. The van der Waals surface area contributed by atoms with Gasteiger partial charge in [-0.25, -0.2) is 0 Å². The standard InChI is InChI=1S/C19H31N5O/c1-20-18(25)13-15-9-11-24(12-10-15)19(21-2)22-14-16-5-7-17(8-6-16)23(3)4/h5-8,15H,9-14H2,1-4H3,(H,20,25)(H,21,22). The number of anilines is 1. The third-order valence-electron chi connectivity index (χ3n) is 4.78. The molecule has 1 saturated heterocycles. The highest BCUT2D eigenvalue weighted by molar-refractivity contribution is 5.80. The number of hydrogen-bond acceptors (Lipinski definition) is 3. The van der Waals surface area contributed by atoms with Crippen molar-refractivity contribution < 1.29 is 4.79 Å². The van der Waals surface area contributed by atoms with Crippen molar-refractivity contribution in [3.05, 3.63) is 29.8 Å². The van der Waals surface area contributed by atoms with Gasteiger partial charge in [-0.1, -0.05) is 12.1 Å². The number of rotatable bonds is 5. The predicted octanol–water partition coefficient (Wildman–Crippen LogP) is 1.68. The number of amides is 1. The summed E-state index contributed by atoms with van der Waals surface area (Å²) < 4.78 is 0. The lowest BCUT2D eigenvalue weighted by Gasteiger charge is -2.34. The molecule has 2 rings (SSSR count). The molecule has 1 aliphatic rings. The van der Waals surface area contributed by atoms with Gasteiger partial charge in [-0.15, -0.1) is 0 Å². The number of nitrogens with zero attached hydrogens (tertiary/aromatic N) is 3. The Bertz CT molecular complexity index is 574. The van der Waals surface area contributed by atoms with Crippen LogP contribution in [-0.4, -0.2) is 58.0 Å². The fraction of sp³-hybridized carbons (Fsp3) is 0.579. The van der Waals surface area contributed by atoms with Crippen molar-refractivity contribution in [2.45, 2.75) is 25.8 Å². The molecule has 2 N–H and O–H groups in total. The van der Waals surface area contributed by atoms with Crippen molar-refractivity contribution in [3.8, 4) is 0 Å². The summed E-state index contributed by atoms with van der Waals surface area (Å²) in [7, 11) is 7.62. The molecule has 0 saturated carbocycles. The lowest BCUT2D eigenvalue weighted by molar-refractivity contribution is -0.121. The number of benzene rings is 1. The first kappa shape index (κ1) is 19.1.